The van der Waals surface area contributed by atoms with E-state index in [1.54, 1.807) is 62.8 Å². The summed E-state index contributed by atoms with van der Waals surface area (Å²) >= 11 is 0. The van der Waals surface area contributed by atoms with Crippen LogP contribution in [-0.4, -0.2) is 52.5 Å². The van der Waals surface area contributed by atoms with E-state index in [0.717, 1.165) is 11.1 Å². The first kappa shape index (κ1) is 22.9. The van der Waals surface area contributed by atoms with Crippen LogP contribution in [0.4, 0.5) is 4.79 Å². The van der Waals surface area contributed by atoms with Crippen LogP contribution in [0.15, 0.2) is 36.7 Å². The molecule has 0 aliphatic rings. The first-order valence-corrected chi connectivity index (χ1v) is 9.47. The number of nitrogens with one attached hydrogen (secondary N) is 2. The van der Waals surface area contributed by atoms with Crippen LogP contribution < -0.4 is 10.6 Å². The number of methoxy groups -OCH3 is 1. The lowest BCUT2D eigenvalue weighted by Gasteiger charge is -2.26. The minimum absolute atomic E-state index is 0.362. The summed E-state index contributed by atoms with van der Waals surface area (Å²) in [4.78, 5) is 36.9. The third-order valence-electron chi connectivity index (χ3n) is 4.17. The predicted molar refractivity (Wildman–Crippen MR) is 111 cm³/mol. The van der Waals surface area contributed by atoms with Crippen molar-refractivity contribution in [2.45, 2.75) is 45.4 Å². The second kappa shape index (κ2) is 9.43. The van der Waals surface area contributed by atoms with Crippen LogP contribution in [-0.2, 0) is 21.3 Å². The number of hydrogen-bond donors (Lipinski definition) is 2. The molecule has 2 rings (SSSR count). The molecular formula is C21H28N4O5. The highest BCUT2D eigenvalue weighted by Gasteiger charge is 2.30. The first-order chi connectivity index (χ1) is 14.0. The Morgan fingerprint density at radius 1 is 1.07 bits per heavy atom. The molecule has 2 N–H and O–H groups in total. The van der Waals surface area contributed by atoms with Gasteiger partial charge in [-0.25, -0.2) is 9.59 Å². The number of rotatable bonds is 6. The van der Waals surface area contributed by atoms with Gasteiger partial charge in [0.2, 0.25) is 0 Å². The Morgan fingerprint density at radius 3 is 2.20 bits per heavy atom. The van der Waals surface area contributed by atoms with Gasteiger partial charge in [0.25, 0.3) is 5.91 Å². The van der Waals surface area contributed by atoms with Gasteiger partial charge in [-0.05, 0) is 45.4 Å². The predicted octanol–water partition coefficient (Wildman–Crippen LogP) is 2.27. The lowest BCUT2D eigenvalue weighted by Crippen LogP contribution is -2.55. The van der Waals surface area contributed by atoms with Crippen molar-refractivity contribution in [3.05, 3.63) is 42.2 Å². The van der Waals surface area contributed by atoms with E-state index >= 15 is 0 Å². The lowest BCUT2D eigenvalue weighted by molar-refractivity contribution is -0.143. The summed E-state index contributed by atoms with van der Waals surface area (Å²) in [6, 6.07) is 5.04. The summed E-state index contributed by atoms with van der Waals surface area (Å²) < 4.78 is 11.7. The van der Waals surface area contributed by atoms with Crippen molar-refractivity contribution in [1.29, 1.82) is 0 Å². The van der Waals surface area contributed by atoms with Crippen molar-refractivity contribution in [3.63, 3.8) is 0 Å². The van der Waals surface area contributed by atoms with Crippen LogP contribution in [0.25, 0.3) is 11.1 Å². The number of aromatic nitrogens is 2. The number of carbonyl (C=O) groups is 3. The van der Waals surface area contributed by atoms with E-state index in [0.29, 0.717) is 5.56 Å². The highest BCUT2D eigenvalue weighted by Crippen LogP contribution is 2.19. The summed E-state index contributed by atoms with van der Waals surface area (Å²) in [5, 5.41) is 9.30. The monoisotopic (exact) mass is 416 g/mol. The maximum atomic E-state index is 12.7. The fourth-order valence-electron chi connectivity index (χ4n) is 2.70. The second-order valence-electron chi connectivity index (χ2n) is 7.89. The van der Waals surface area contributed by atoms with Crippen molar-refractivity contribution in [2.24, 2.45) is 7.05 Å². The van der Waals surface area contributed by atoms with Crippen LogP contribution in [0.2, 0.25) is 0 Å². The number of ether oxygens (including phenoxy) is 2. The van der Waals surface area contributed by atoms with E-state index < -0.39 is 35.7 Å². The molecule has 0 bridgehead atoms. The van der Waals surface area contributed by atoms with Gasteiger partial charge in [-0.3, -0.25) is 9.48 Å². The maximum Gasteiger partial charge on any atom is 0.407 e. The fourth-order valence-corrected chi connectivity index (χ4v) is 2.70. The normalized spacial score (nSPS) is 13.1. The molecule has 30 heavy (non-hydrogen) atoms. The van der Waals surface area contributed by atoms with Crippen molar-refractivity contribution in [1.82, 2.24) is 20.4 Å². The van der Waals surface area contributed by atoms with Gasteiger partial charge in [-0.15, -0.1) is 0 Å². The molecule has 0 saturated heterocycles. The highest BCUT2D eigenvalue weighted by atomic mass is 16.6. The Bertz CT molecular complexity index is 899. The van der Waals surface area contributed by atoms with Gasteiger partial charge in [-0.1, -0.05) is 12.1 Å². The molecule has 9 nitrogen and oxygen atoms in total. The number of hydrogen-bond acceptors (Lipinski definition) is 6. The smallest absolute Gasteiger partial charge is 0.407 e. The number of aryl methyl sites for hydroxylation is 1. The molecule has 162 valence electrons. The van der Waals surface area contributed by atoms with Crippen LogP contribution in [0.1, 0.15) is 38.1 Å². The molecule has 0 spiro atoms. The van der Waals surface area contributed by atoms with Gasteiger partial charge in [-0.2, -0.15) is 5.10 Å². The number of amides is 2. The lowest BCUT2D eigenvalue weighted by atomic mass is 10.1. The molecule has 0 saturated carbocycles. The van der Waals surface area contributed by atoms with Crippen LogP contribution in [0, 0.1) is 0 Å². The summed E-state index contributed by atoms with van der Waals surface area (Å²) in [6.45, 7) is 6.77. The van der Waals surface area contributed by atoms with Crippen LogP contribution >= 0.6 is 0 Å². The zero-order valence-corrected chi connectivity index (χ0v) is 18.1. The minimum Gasteiger partial charge on any atom is -0.467 e. The Balaban J connectivity index is 2.09. The number of nitrogens with zero attached hydrogens (tertiary/aromatic N) is 2. The standard InChI is InChI=1S/C21H28N4O5/c1-13(23-20(28)30-21(2,3)4)17(19(27)29-6)24-18(26)15-9-7-14(8-10-15)16-11-22-25(5)12-16/h7-13,17H,1-6H3,(H,23,28)(H,24,26)/t13-,17+/m1/s1. The van der Waals surface area contributed by atoms with Gasteiger partial charge in [0.1, 0.15) is 11.6 Å². The fraction of sp³-hybridized carbons (Fsp3) is 0.429. The van der Waals surface area contributed by atoms with Gasteiger partial charge in [0.15, 0.2) is 0 Å². The summed E-state index contributed by atoms with van der Waals surface area (Å²) in [5.41, 5.74) is 1.50. The molecule has 1 aromatic heterocycles. The topological polar surface area (TPSA) is 112 Å². The summed E-state index contributed by atoms with van der Waals surface area (Å²) in [6.07, 6.45) is 2.90. The number of benzene rings is 1. The average molecular weight is 416 g/mol. The van der Waals surface area contributed by atoms with Crippen LogP contribution in [0.3, 0.4) is 0 Å². The van der Waals surface area contributed by atoms with Gasteiger partial charge in [0, 0.05) is 24.4 Å². The molecule has 9 heteroatoms. The number of carbonyl (C=O) groups excluding carboxylic acids is 3. The van der Waals surface area contributed by atoms with Crippen molar-refractivity contribution in [3.8, 4) is 11.1 Å². The molecule has 0 unspecified atom stereocenters. The Kier molecular flexibility index (Phi) is 7.20. The SMILES string of the molecule is COC(=O)[C@@H](NC(=O)c1ccc(-c2cnn(C)c2)cc1)[C@@H](C)NC(=O)OC(C)(C)C. The molecule has 2 amide bonds. The molecule has 0 aliphatic heterocycles. The average Bonchev–Trinajstić information content (AvgIpc) is 3.10. The molecule has 1 heterocycles. The third kappa shape index (κ3) is 6.33. The zero-order chi connectivity index (χ0) is 22.5. The molecule has 0 radical (unpaired) electrons. The first-order valence-electron chi connectivity index (χ1n) is 9.47. The molecule has 2 atom stereocenters. The zero-order valence-electron chi connectivity index (χ0n) is 18.1. The third-order valence-corrected chi connectivity index (χ3v) is 4.17. The quantitative estimate of drug-likeness (QED) is 0.699. The Morgan fingerprint density at radius 2 is 1.70 bits per heavy atom. The van der Waals surface area contributed by atoms with Crippen molar-refractivity contribution in [2.75, 3.05) is 7.11 Å². The Labute approximate surface area is 175 Å². The molecule has 0 fully saturated rings. The van der Waals surface area contributed by atoms with Gasteiger partial charge >= 0.3 is 12.1 Å². The molecule has 0 aliphatic carbocycles. The van der Waals surface area contributed by atoms with E-state index in [1.165, 1.54) is 7.11 Å². The van der Waals surface area contributed by atoms with E-state index in [9.17, 15) is 14.4 Å². The van der Waals surface area contributed by atoms with E-state index in [1.807, 2.05) is 13.2 Å². The maximum absolute atomic E-state index is 12.7. The van der Waals surface area contributed by atoms with E-state index in [2.05, 4.69) is 15.7 Å². The molecular weight excluding hydrogens is 388 g/mol. The Hall–Kier alpha value is -3.36. The highest BCUT2D eigenvalue weighted by molar-refractivity contribution is 5.97. The second-order valence-corrected chi connectivity index (χ2v) is 7.89. The van der Waals surface area contributed by atoms with E-state index in [4.69, 9.17) is 9.47 Å². The minimum atomic E-state index is -1.09. The largest absolute Gasteiger partial charge is 0.467 e. The summed E-state index contributed by atoms with van der Waals surface area (Å²) in [5.74, 6) is -1.15. The summed E-state index contributed by atoms with van der Waals surface area (Å²) in [7, 11) is 3.04. The number of esters is 1. The van der Waals surface area contributed by atoms with Crippen molar-refractivity contribution >= 4 is 18.0 Å². The van der Waals surface area contributed by atoms with Crippen molar-refractivity contribution < 1.29 is 23.9 Å². The van der Waals surface area contributed by atoms with Crippen LogP contribution in [0.5, 0.6) is 0 Å². The molecule has 1 aromatic carbocycles. The van der Waals surface area contributed by atoms with Gasteiger partial charge in [0.05, 0.1) is 19.3 Å². The van der Waals surface area contributed by atoms with E-state index in [-0.39, 0.29) is 0 Å². The van der Waals surface area contributed by atoms with Gasteiger partial charge < -0.3 is 20.1 Å². The molecule has 2 aromatic rings. The number of alkyl carbamates (subject to hydrolysis) is 1.